The molecule has 0 heterocycles. The van der Waals surface area contributed by atoms with Crippen LogP contribution >= 0.6 is 9.12 Å². The topological polar surface area (TPSA) is 127 Å². The second-order valence-corrected chi connectivity index (χ2v) is 10.2. The molecule has 0 radical (unpaired) electrons. The minimum absolute atomic E-state index is 0.0389. The van der Waals surface area contributed by atoms with E-state index in [0.29, 0.717) is 6.42 Å². The van der Waals surface area contributed by atoms with Gasteiger partial charge < -0.3 is 0 Å². The quantitative estimate of drug-likeness (QED) is 0.0439. The van der Waals surface area contributed by atoms with Gasteiger partial charge in [0.25, 0.3) is 0 Å². The standard InChI is InChI=1S/C30H36B2F3O10P/c1-4-5-16-40-23(18-41-27(37)21-12-8-6-9-13-21)17-24(45-31-32-46)25(44-28(38)22-14-10-7-11-15-22)26(43-20(3)36)29(39)42-19(2)30(33,34)35/h6-15,23-26,29,39H,2,4-5,16-18,46H2,1,3H3/t23-,24-,25?,26-,29?/m1/s1. The van der Waals surface area contributed by atoms with E-state index in [4.69, 9.17) is 23.6 Å². The zero-order chi connectivity index (χ0) is 34.1. The second kappa shape index (κ2) is 19.9. The van der Waals surface area contributed by atoms with Crippen molar-refractivity contribution in [3.63, 3.8) is 0 Å². The molecule has 0 saturated carbocycles. The van der Waals surface area contributed by atoms with Crippen LogP contribution in [0.15, 0.2) is 73.0 Å². The molecule has 2 aromatic rings. The molecule has 0 aliphatic carbocycles. The van der Waals surface area contributed by atoms with E-state index >= 15 is 0 Å². The van der Waals surface area contributed by atoms with Gasteiger partial charge in [0.1, 0.15) is 0 Å². The first-order chi connectivity index (χ1) is 21.9. The molecular weight excluding hydrogens is 630 g/mol. The van der Waals surface area contributed by atoms with Gasteiger partial charge in [-0.15, -0.1) is 0 Å². The number of rotatable bonds is 19. The van der Waals surface area contributed by atoms with E-state index in [1.165, 1.54) is 25.7 Å². The zero-order valence-corrected chi connectivity index (χ0v) is 26.5. The number of benzene rings is 2. The zero-order valence-electron chi connectivity index (χ0n) is 25.4. The number of halogens is 3. The molecule has 0 bridgehead atoms. The Hall–Kier alpha value is -3.54. The number of allylic oxidation sites excluding steroid dienone is 1. The summed E-state index contributed by atoms with van der Waals surface area (Å²) < 4.78 is 72.5. The predicted octanol–water partition coefficient (Wildman–Crippen LogP) is 4.40. The number of aliphatic hydroxyl groups excluding tert-OH is 1. The summed E-state index contributed by atoms with van der Waals surface area (Å²) in [5, 5.41) is 10.8. The molecule has 2 rings (SSSR count). The molecule has 3 unspecified atom stereocenters. The van der Waals surface area contributed by atoms with E-state index in [2.05, 4.69) is 20.4 Å². The van der Waals surface area contributed by atoms with E-state index in [1.807, 2.05) is 6.92 Å². The van der Waals surface area contributed by atoms with Crippen LogP contribution < -0.4 is 0 Å². The summed E-state index contributed by atoms with van der Waals surface area (Å²) in [6, 6.07) is 15.7. The third-order valence-corrected chi connectivity index (χ3v) is 6.35. The molecule has 0 fully saturated rings. The molecule has 0 aliphatic heterocycles. The Morgan fingerprint density at radius 3 is 2.04 bits per heavy atom. The molecular formula is C30H36B2F3O10P. The van der Waals surface area contributed by atoms with Gasteiger partial charge in [-0.05, 0) is 0 Å². The first kappa shape index (κ1) is 38.6. The van der Waals surface area contributed by atoms with Crippen LogP contribution in [0.3, 0.4) is 0 Å². The van der Waals surface area contributed by atoms with Gasteiger partial charge in [-0.1, -0.05) is 0 Å². The molecule has 248 valence electrons. The molecule has 1 N–H and O–H groups in total. The maximum absolute atomic E-state index is 13.3. The number of hydrogen-bond acceptors (Lipinski definition) is 10. The third-order valence-electron chi connectivity index (χ3n) is 6.19. The van der Waals surface area contributed by atoms with Crippen LogP contribution in [0.25, 0.3) is 0 Å². The van der Waals surface area contributed by atoms with E-state index in [-0.39, 0.29) is 30.8 Å². The molecule has 0 aromatic heterocycles. The average molecular weight is 666 g/mol. The normalized spacial score (nSPS) is 14.4. The Labute approximate surface area is 268 Å². The van der Waals surface area contributed by atoms with Crippen molar-refractivity contribution < 1.29 is 61.0 Å². The average Bonchev–Trinajstić information content (AvgIpc) is 3.03. The molecule has 0 aliphatic rings. The number of carbonyl (C=O) groups excluding carboxylic acids is 3. The molecule has 10 nitrogen and oxygen atoms in total. The number of carbonyl (C=O) groups is 3. The van der Waals surface area contributed by atoms with Gasteiger partial charge in [0, 0.05) is 0 Å². The predicted molar refractivity (Wildman–Crippen MR) is 166 cm³/mol. The third kappa shape index (κ3) is 13.4. The van der Waals surface area contributed by atoms with Crippen LogP contribution in [0, 0.1) is 0 Å². The van der Waals surface area contributed by atoms with Gasteiger partial charge in [0.15, 0.2) is 0 Å². The van der Waals surface area contributed by atoms with Crippen molar-refractivity contribution in [2.75, 3.05) is 13.2 Å². The van der Waals surface area contributed by atoms with Crippen LogP contribution in [0.1, 0.15) is 53.8 Å². The first-order valence-electron chi connectivity index (χ1n) is 14.3. The van der Waals surface area contributed by atoms with E-state index in [9.17, 15) is 32.7 Å². The van der Waals surface area contributed by atoms with Crippen LogP contribution in [0.4, 0.5) is 13.2 Å². The Morgan fingerprint density at radius 1 is 0.935 bits per heavy atom. The van der Waals surface area contributed by atoms with Gasteiger partial charge >= 0.3 is 269 Å². The number of ether oxygens (including phenoxy) is 5. The van der Waals surface area contributed by atoms with E-state index < -0.39 is 60.5 Å². The van der Waals surface area contributed by atoms with Gasteiger partial charge in [-0.25, -0.2) is 0 Å². The Morgan fingerprint density at radius 2 is 1.52 bits per heavy atom. The molecule has 6 atom stereocenters. The monoisotopic (exact) mass is 666 g/mol. The summed E-state index contributed by atoms with van der Waals surface area (Å²) in [6.45, 7) is 6.97. The Balaban J connectivity index is 2.52. The summed E-state index contributed by atoms with van der Waals surface area (Å²) in [4.78, 5) is 38.0. The summed E-state index contributed by atoms with van der Waals surface area (Å²) >= 11 is 0. The fraction of sp³-hybridized carbons (Fsp3) is 0.433. The summed E-state index contributed by atoms with van der Waals surface area (Å²) in [5.74, 6) is -4.46. The van der Waals surface area contributed by atoms with Gasteiger partial charge in [-0.3, -0.25) is 0 Å². The van der Waals surface area contributed by atoms with Crippen molar-refractivity contribution in [1.29, 1.82) is 0 Å². The van der Waals surface area contributed by atoms with Crippen molar-refractivity contribution in [3.8, 4) is 0 Å². The van der Waals surface area contributed by atoms with Crippen LogP contribution in [-0.2, 0) is 33.1 Å². The Kier molecular flexibility index (Phi) is 16.7. The summed E-state index contributed by atoms with van der Waals surface area (Å²) in [5.41, 5.74) is 0.320. The van der Waals surface area contributed by atoms with Crippen molar-refractivity contribution in [1.82, 2.24) is 0 Å². The van der Waals surface area contributed by atoms with E-state index in [1.54, 1.807) is 48.5 Å². The van der Waals surface area contributed by atoms with Crippen LogP contribution in [0.2, 0.25) is 0 Å². The number of alkyl halides is 3. The van der Waals surface area contributed by atoms with Crippen molar-refractivity contribution in [3.05, 3.63) is 84.1 Å². The molecule has 46 heavy (non-hydrogen) atoms. The minimum atomic E-state index is -5.07. The van der Waals surface area contributed by atoms with Gasteiger partial charge in [-0.2, -0.15) is 0 Å². The fourth-order valence-corrected chi connectivity index (χ4v) is 4.05. The number of aliphatic hydroxyl groups is 1. The van der Waals surface area contributed by atoms with Crippen molar-refractivity contribution in [2.24, 2.45) is 0 Å². The number of hydrogen-bond donors (Lipinski definition) is 1. The van der Waals surface area contributed by atoms with Gasteiger partial charge in [0.05, 0.1) is 0 Å². The number of esters is 3. The van der Waals surface area contributed by atoms with E-state index in [0.717, 1.165) is 13.3 Å². The van der Waals surface area contributed by atoms with Gasteiger partial charge in [0.2, 0.25) is 0 Å². The summed E-state index contributed by atoms with van der Waals surface area (Å²) in [7, 11) is 3.42. The van der Waals surface area contributed by atoms with Crippen molar-refractivity contribution >= 4 is 40.6 Å². The van der Waals surface area contributed by atoms with Crippen LogP contribution in [0.5, 0.6) is 0 Å². The molecule has 16 heteroatoms. The Bertz CT molecular complexity index is 1280. The summed E-state index contributed by atoms with van der Waals surface area (Å²) in [6.07, 6.45) is -12.6. The molecule has 0 amide bonds. The molecule has 0 saturated heterocycles. The molecule has 0 spiro atoms. The van der Waals surface area contributed by atoms with Crippen molar-refractivity contribution in [2.45, 2.75) is 70.0 Å². The van der Waals surface area contributed by atoms with Crippen LogP contribution in [-0.4, -0.2) is 86.6 Å². The first-order valence-corrected chi connectivity index (χ1v) is 14.9. The fourth-order valence-electron chi connectivity index (χ4n) is 3.96. The second-order valence-electron chi connectivity index (χ2n) is 9.79. The maximum atomic E-state index is 13.3. The number of unbranched alkanes of at least 4 members (excludes halogenated alkanes) is 1. The molecule has 2 aromatic carbocycles. The SMILES string of the molecule is C=C(OC(O)[C@H](OC(C)=O)C(OC(=O)c1ccccc1)[C@@H](C[C@H](COC(=O)c1ccccc1)OCCCC)OB=BP)C(F)(F)F.